The average Bonchev–Trinajstić information content (AvgIpc) is 2.87. The van der Waals surface area contributed by atoms with E-state index in [2.05, 4.69) is 13.8 Å². The van der Waals surface area contributed by atoms with Crippen LogP contribution in [0.4, 0.5) is 0 Å². The fraction of sp³-hybridized carbons (Fsp3) is 1.00. The maximum atomic E-state index is 5.35. The van der Waals surface area contributed by atoms with Crippen LogP contribution in [0.25, 0.3) is 0 Å². The minimum Gasteiger partial charge on any atom is -0.331 e. The van der Waals surface area contributed by atoms with E-state index in [0.29, 0.717) is 5.41 Å². The quantitative estimate of drug-likeness (QED) is 0.0873. The number of methoxy groups -OCH3 is 6. The van der Waals surface area contributed by atoms with Crippen LogP contribution in [0.2, 0.25) is 0 Å². The zero-order valence-electron chi connectivity index (χ0n) is 24.7. The number of hydrogen-bond donors (Lipinski definition) is 0. The molecule has 0 N–H and O–H groups in total. The normalized spacial score (nSPS) is 13.0. The van der Waals surface area contributed by atoms with E-state index in [-0.39, 0.29) is 0 Å². The molecular formula is C29H60O6. The molecule has 0 aliphatic carbocycles. The molecule has 0 fully saturated rings. The van der Waals surface area contributed by atoms with Gasteiger partial charge < -0.3 is 28.4 Å². The summed E-state index contributed by atoms with van der Waals surface area (Å²) in [6, 6.07) is 0. The van der Waals surface area contributed by atoms with Gasteiger partial charge in [-0.05, 0) is 31.1 Å². The molecule has 0 aliphatic rings. The predicted octanol–water partition coefficient (Wildman–Crippen LogP) is 8.22. The summed E-state index contributed by atoms with van der Waals surface area (Å²) < 4.78 is 32.1. The van der Waals surface area contributed by atoms with E-state index < -0.39 is 11.9 Å². The lowest BCUT2D eigenvalue weighted by molar-refractivity contribution is -0.355. The second-order valence-corrected chi connectivity index (χ2v) is 10.7. The Hall–Kier alpha value is -0.240. The van der Waals surface area contributed by atoms with Gasteiger partial charge in [0, 0.05) is 55.5 Å². The van der Waals surface area contributed by atoms with Crippen molar-refractivity contribution in [2.45, 2.75) is 141 Å². The van der Waals surface area contributed by atoms with E-state index in [9.17, 15) is 0 Å². The third-order valence-electron chi connectivity index (χ3n) is 7.54. The molecule has 0 aliphatic heterocycles. The Bertz CT molecular complexity index is 404. The van der Waals surface area contributed by atoms with Gasteiger partial charge in [0.1, 0.15) is 0 Å². The third kappa shape index (κ3) is 16.3. The van der Waals surface area contributed by atoms with Crippen molar-refractivity contribution in [1.82, 2.24) is 0 Å². The van der Waals surface area contributed by atoms with Gasteiger partial charge in [-0.2, -0.15) is 0 Å². The highest BCUT2D eigenvalue weighted by Gasteiger charge is 2.29. The highest BCUT2D eigenvalue weighted by Crippen LogP contribution is 2.31. The maximum Gasteiger partial charge on any atom is 0.282 e. The smallest absolute Gasteiger partial charge is 0.282 e. The lowest BCUT2D eigenvalue weighted by Crippen LogP contribution is -2.35. The first-order valence-corrected chi connectivity index (χ1v) is 14.1. The number of ether oxygens (including phenoxy) is 6. The lowest BCUT2D eigenvalue weighted by atomic mass is 9.82. The van der Waals surface area contributed by atoms with Crippen molar-refractivity contribution in [3.8, 4) is 0 Å². The van der Waals surface area contributed by atoms with Crippen LogP contribution in [-0.4, -0.2) is 54.6 Å². The minimum absolute atomic E-state index is 0.480. The lowest BCUT2D eigenvalue weighted by Gasteiger charge is -2.28. The average molecular weight is 505 g/mol. The molecule has 0 radical (unpaired) electrons. The SMILES string of the molecule is COC(CCCCCCCCCC(C)(C)CCCCCCCCCC(OC)(OC)OC)(OC)OC. The molecule has 0 spiro atoms. The summed E-state index contributed by atoms with van der Waals surface area (Å²) in [7, 11) is 9.81. The van der Waals surface area contributed by atoms with Crippen molar-refractivity contribution >= 4 is 0 Å². The van der Waals surface area contributed by atoms with Crippen molar-refractivity contribution in [2.24, 2.45) is 5.41 Å². The Kier molecular flexibility index (Phi) is 20.6. The molecule has 6 nitrogen and oxygen atoms in total. The minimum atomic E-state index is -0.863. The molecule has 212 valence electrons. The molecule has 0 bridgehead atoms. The third-order valence-corrected chi connectivity index (χ3v) is 7.54. The van der Waals surface area contributed by atoms with E-state index in [1.54, 1.807) is 42.7 Å². The summed E-state index contributed by atoms with van der Waals surface area (Å²) >= 11 is 0. The zero-order chi connectivity index (χ0) is 26.5. The highest BCUT2D eigenvalue weighted by atomic mass is 16.9. The Morgan fingerprint density at radius 2 is 0.514 bits per heavy atom. The van der Waals surface area contributed by atoms with Gasteiger partial charge in [-0.1, -0.05) is 90.9 Å². The standard InChI is InChI=1S/C29H60O6/c1-27(2,23-19-15-11-9-13-17-21-25-28(30-3,31-4)32-5)24-20-16-12-10-14-18-22-26-29(33-6,34-7)35-8/h9-26H2,1-8H3. The van der Waals surface area contributed by atoms with Crippen molar-refractivity contribution < 1.29 is 28.4 Å². The van der Waals surface area contributed by atoms with Crippen LogP contribution < -0.4 is 0 Å². The van der Waals surface area contributed by atoms with Gasteiger partial charge in [0.25, 0.3) is 11.9 Å². The van der Waals surface area contributed by atoms with Gasteiger partial charge in [-0.25, -0.2) is 0 Å². The summed E-state index contributed by atoms with van der Waals surface area (Å²) in [4.78, 5) is 0. The maximum absolute atomic E-state index is 5.35. The van der Waals surface area contributed by atoms with Crippen LogP contribution in [0.3, 0.4) is 0 Å². The fourth-order valence-corrected chi connectivity index (χ4v) is 4.90. The van der Waals surface area contributed by atoms with Crippen LogP contribution in [0.15, 0.2) is 0 Å². The van der Waals surface area contributed by atoms with E-state index in [1.807, 2.05) is 0 Å². The summed E-state index contributed by atoms with van der Waals surface area (Å²) in [6.45, 7) is 4.91. The van der Waals surface area contributed by atoms with E-state index in [4.69, 9.17) is 28.4 Å². The van der Waals surface area contributed by atoms with E-state index in [1.165, 1.54) is 89.9 Å². The second-order valence-electron chi connectivity index (χ2n) is 10.7. The van der Waals surface area contributed by atoms with Crippen molar-refractivity contribution in [1.29, 1.82) is 0 Å². The molecule has 0 unspecified atom stereocenters. The van der Waals surface area contributed by atoms with Crippen LogP contribution in [0.5, 0.6) is 0 Å². The van der Waals surface area contributed by atoms with Gasteiger partial charge in [0.15, 0.2) is 0 Å². The number of rotatable bonds is 26. The molecule has 0 heterocycles. The summed E-state index contributed by atoms with van der Waals surface area (Å²) in [5.41, 5.74) is 0.480. The fourth-order valence-electron chi connectivity index (χ4n) is 4.90. The van der Waals surface area contributed by atoms with Gasteiger partial charge in [0.05, 0.1) is 0 Å². The molecule has 0 aromatic heterocycles. The molecule has 0 saturated carbocycles. The Labute approximate surface area is 218 Å². The second kappa shape index (κ2) is 20.8. The van der Waals surface area contributed by atoms with Crippen LogP contribution in [-0.2, 0) is 28.4 Å². The van der Waals surface area contributed by atoms with Gasteiger partial charge in [-0.15, -0.1) is 0 Å². The molecule has 0 atom stereocenters. The Morgan fingerprint density at radius 3 is 0.743 bits per heavy atom. The van der Waals surface area contributed by atoms with Gasteiger partial charge >= 0.3 is 0 Å². The molecule has 0 saturated heterocycles. The van der Waals surface area contributed by atoms with Gasteiger partial charge in [0.2, 0.25) is 0 Å². The van der Waals surface area contributed by atoms with Crippen molar-refractivity contribution in [3.05, 3.63) is 0 Å². The molecular weight excluding hydrogens is 444 g/mol. The summed E-state index contributed by atoms with van der Waals surface area (Å²) in [6.07, 6.45) is 22.2. The number of unbranched alkanes of at least 4 members (excludes halogenated alkanes) is 12. The summed E-state index contributed by atoms with van der Waals surface area (Å²) in [5.74, 6) is -1.73. The topological polar surface area (TPSA) is 55.4 Å². The largest absolute Gasteiger partial charge is 0.331 e. The molecule has 6 heteroatoms. The molecule has 0 aromatic carbocycles. The Balaban J connectivity index is 3.62. The predicted molar refractivity (Wildman–Crippen MR) is 144 cm³/mol. The van der Waals surface area contributed by atoms with E-state index >= 15 is 0 Å². The molecule has 35 heavy (non-hydrogen) atoms. The summed E-state index contributed by atoms with van der Waals surface area (Å²) in [5, 5.41) is 0. The monoisotopic (exact) mass is 504 g/mol. The number of hydrogen-bond acceptors (Lipinski definition) is 6. The van der Waals surface area contributed by atoms with Crippen molar-refractivity contribution in [2.75, 3.05) is 42.7 Å². The highest BCUT2D eigenvalue weighted by molar-refractivity contribution is 4.69. The Morgan fingerprint density at radius 1 is 0.314 bits per heavy atom. The molecule has 0 rings (SSSR count). The first-order valence-electron chi connectivity index (χ1n) is 14.1. The van der Waals surface area contributed by atoms with Crippen LogP contribution >= 0.6 is 0 Å². The van der Waals surface area contributed by atoms with Crippen LogP contribution in [0, 0.1) is 5.41 Å². The zero-order valence-corrected chi connectivity index (χ0v) is 24.7. The molecule has 0 aromatic rings. The van der Waals surface area contributed by atoms with Gasteiger partial charge in [-0.3, -0.25) is 0 Å². The molecule has 0 amide bonds. The first-order chi connectivity index (χ1) is 16.8. The van der Waals surface area contributed by atoms with Crippen molar-refractivity contribution in [3.63, 3.8) is 0 Å². The van der Waals surface area contributed by atoms with Crippen LogP contribution in [0.1, 0.15) is 129 Å². The first kappa shape index (κ1) is 34.8. The van der Waals surface area contributed by atoms with E-state index in [0.717, 1.165) is 25.7 Å².